The standard InChI is InChI=1S/C20H17NO5S/c1-4-13(2)11-12-14(3)27(24,25)26-21-19(22)16-9-5-7-15-8-6-10-17(18(15)16)20(21)23/h4-12H,3H2,1-2H3/b12-11-,13-4-. The fraction of sp³-hybridized carbons (Fsp3) is 0.100. The molecule has 7 heteroatoms. The number of rotatable bonds is 5. The summed E-state index contributed by atoms with van der Waals surface area (Å²) in [6.45, 7) is 7.04. The highest BCUT2D eigenvalue weighted by Gasteiger charge is 2.37. The van der Waals surface area contributed by atoms with E-state index in [0.717, 1.165) is 5.57 Å². The van der Waals surface area contributed by atoms with Crippen molar-refractivity contribution in [1.29, 1.82) is 0 Å². The Bertz CT molecular complexity index is 1090. The summed E-state index contributed by atoms with van der Waals surface area (Å²) < 4.78 is 29.7. The third kappa shape index (κ3) is 3.34. The fourth-order valence-corrected chi connectivity index (χ4v) is 3.29. The second kappa shape index (κ2) is 6.94. The average Bonchev–Trinajstić information content (AvgIpc) is 2.66. The molecule has 2 amide bonds. The molecule has 0 aliphatic carbocycles. The van der Waals surface area contributed by atoms with Crippen LogP contribution in [-0.4, -0.2) is 25.3 Å². The van der Waals surface area contributed by atoms with Gasteiger partial charge in [-0.2, -0.15) is 8.42 Å². The number of nitrogens with zero attached hydrogens (tertiary/aromatic N) is 1. The van der Waals surface area contributed by atoms with Gasteiger partial charge in [0.15, 0.2) is 0 Å². The highest BCUT2D eigenvalue weighted by Crippen LogP contribution is 2.31. The monoisotopic (exact) mass is 383 g/mol. The molecule has 138 valence electrons. The molecule has 1 heterocycles. The predicted octanol–water partition coefficient (Wildman–Crippen LogP) is 3.73. The molecule has 0 fully saturated rings. The SMILES string of the molecule is C=C(/C=C\C(C)=C/C)S(=O)(=O)ON1C(=O)c2cccc3cccc(c23)C1=O. The first-order valence-corrected chi connectivity index (χ1v) is 9.52. The third-order valence-electron chi connectivity index (χ3n) is 4.22. The van der Waals surface area contributed by atoms with Crippen LogP contribution in [0.1, 0.15) is 34.6 Å². The van der Waals surface area contributed by atoms with Gasteiger partial charge in [0.25, 0.3) is 11.8 Å². The number of hydrogen-bond donors (Lipinski definition) is 0. The van der Waals surface area contributed by atoms with Crippen molar-refractivity contribution < 1.29 is 22.3 Å². The van der Waals surface area contributed by atoms with Gasteiger partial charge < -0.3 is 0 Å². The first-order valence-electron chi connectivity index (χ1n) is 8.11. The van der Waals surface area contributed by atoms with Crippen molar-refractivity contribution in [3.8, 4) is 0 Å². The molecule has 2 aromatic carbocycles. The van der Waals surface area contributed by atoms with E-state index in [1.165, 1.54) is 18.2 Å². The predicted molar refractivity (Wildman–Crippen MR) is 102 cm³/mol. The van der Waals surface area contributed by atoms with Crippen LogP contribution in [-0.2, 0) is 14.4 Å². The van der Waals surface area contributed by atoms with E-state index in [1.807, 2.05) is 0 Å². The second-order valence-corrected chi connectivity index (χ2v) is 7.56. The van der Waals surface area contributed by atoms with Crippen LogP contribution in [0.25, 0.3) is 10.8 Å². The summed E-state index contributed by atoms with van der Waals surface area (Å²) >= 11 is 0. The molecule has 0 radical (unpaired) electrons. The molecule has 1 aliphatic rings. The Morgan fingerprint density at radius 3 is 2.11 bits per heavy atom. The van der Waals surface area contributed by atoms with Crippen molar-refractivity contribution in [3.05, 3.63) is 82.8 Å². The number of carbonyl (C=O) groups is 2. The van der Waals surface area contributed by atoms with E-state index in [2.05, 4.69) is 6.58 Å². The second-order valence-electron chi connectivity index (χ2n) is 5.97. The van der Waals surface area contributed by atoms with Gasteiger partial charge in [0.2, 0.25) is 0 Å². The third-order valence-corrected chi connectivity index (χ3v) is 5.34. The Morgan fingerprint density at radius 2 is 1.59 bits per heavy atom. The summed E-state index contributed by atoms with van der Waals surface area (Å²) in [5.41, 5.74) is 1.21. The largest absolute Gasteiger partial charge is 0.317 e. The van der Waals surface area contributed by atoms with Gasteiger partial charge >= 0.3 is 10.1 Å². The minimum Gasteiger partial charge on any atom is -0.266 e. The molecule has 0 atom stereocenters. The quantitative estimate of drug-likeness (QED) is 0.580. The minimum absolute atomic E-state index is 0.198. The van der Waals surface area contributed by atoms with Crippen LogP contribution in [0.4, 0.5) is 0 Å². The van der Waals surface area contributed by atoms with Gasteiger partial charge in [-0.3, -0.25) is 9.59 Å². The van der Waals surface area contributed by atoms with Gasteiger partial charge in [0.1, 0.15) is 0 Å². The van der Waals surface area contributed by atoms with E-state index in [4.69, 9.17) is 4.28 Å². The molecule has 1 aliphatic heterocycles. The molecule has 3 rings (SSSR count). The molecule has 0 saturated heterocycles. The number of imide groups is 1. The molecule has 2 aromatic rings. The number of amides is 2. The van der Waals surface area contributed by atoms with E-state index in [0.29, 0.717) is 10.8 Å². The zero-order chi connectivity index (χ0) is 19.8. The van der Waals surface area contributed by atoms with Crippen molar-refractivity contribution in [2.24, 2.45) is 0 Å². The van der Waals surface area contributed by atoms with Crippen molar-refractivity contribution in [1.82, 2.24) is 5.06 Å². The smallest absolute Gasteiger partial charge is 0.266 e. The van der Waals surface area contributed by atoms with Crippen LogP contribution in [0.15, 0.2) is 71.7 Å². The van der Waals surface area contributed by atoms with Crippen molar-refractivity contribution >= 4 is 32.7 Å². The summed E-state index contributed by atoms with van der Waals surface area (Å²) in [4.78, 5) is 25.0. The van der Waals surface area contributed by atoms with Gasteiger partial charge in [-0.25, -0.2) is 0 Å². The van der Waals surface area contributed by atoms with Crippen LogP contribution < -0.4 is 0 Å². The number of hydroxylamine groups is 2. The molecule has 0 spiro atoms. The molecule has 6 nitrogen and oxygen atoms in total. The molecular weight excluding hydrogens is 366 g/mol. The number of carbonyl (C=O) groups excluding carboxylic acids is 2. The van der Waals surface area contributed by atoms with E-state index >= 15 is 0 Å². The van der Waals surface area contributed by atoms with E-state index in [1.54, 1.807) is 50.3 Å². The van der Waals surface area contributed by atoms with Crippen LogP contribution in [0, 0.1) is 0 Å². The number of benzene rings is 2. The minimum atomic E-state index is -4.43. The highest BCUT2D eigenvalue weighted by atomic mass is 32.2. The topological polar surface area (TPSA) is 80.8 Å². The normalized spacial score (nSPS) is 15.0. The van der Waals surface area contributed by atoms with E-state index in [9.17, 15) is 18.0 Å². The van der Waals surface area contributed by atoms with Gasteiger partial charge in [0.05, 0.1) is 16.0 Å². The summed E-state index contributed by atoms with van der Waals surface area (Å²) in [5, 5.41) is 1.46. The van der Waals surface area contributed by atoms with Crippen molar-refractivity contribution in [2.45, 2.75) is 13.8 Å². The van der Waals surface area contributed by atoms with Crippen LogP contribution in [0.2, 0.25) is 0 Å². The number of hydrogen-bond acceptors (Lipinski definition) is 5. The molecule has 0 saturated carbocycles. The Kier molecular flexibility index (Phi) is 4.82. The van der Waals surface area contributed by atoms with Gasteiger partial charge in [0, 0.05) is 5.39 Å². The molecular formula is C20H17NO5S. The summed E-state index contributed by atoms with van der Waals surface area (Å²) in [6.07, 6.45) is 4.57. The van der Waals surface area contributed by atoms with E-state index < -0.39 is 21.9 Å². The molecule has 0 bridgehead atoms. The first-order chi connectivity index (χ1) is 12.8. The fourth-order valence-electron chi connectivity index (χ4n) is 2.63. The van der Waals surface area contributed by atoms with Gasteiger partial charge in [-0.05, 0) is 37.4 Å². The molecule has 0 aromatic heterocycles. The lowest BCUT2D eigenvalue weighted by molar-refractivity contribution is -0.0147. The lowest BCUT2D eigenvalue weighted by Crippen LogP contribution is -2.41. The first kappa shape index (κ1) is 18.8. The Labute approximate surface area is 157 Å². The molecule has 0 N–H and O–H groups in total. The van der Waals surface area contributed by atoms with Crippen molar-refractivity contribution in [3.63, 3.8) is 0 Å². The average molecular weight is 383 g/mol. The Hall–Kier alpha value is -3.03. The zero-order valence-electron chi connectivity index (χ0n) is 14.8. The Balaban J connectivity index is 1.97. The summed E-state index contributed by atoms with van der Waals surface area (Å²) in [5.74, 6) is -1.68. The maximum Gasteiger partial charge on any atom is 0.317 e. The van der Waals surface area contributed by atoms with E-state index in [-0.39, 0.29) is 21.1 Å². The maximum atomic E-state index is 12.7. The summed E-state index contributed by atoms with van der Waals surface area (Å²) in [7, 11) is -4.43. The Morgan fingerprint density at radius 1 is 1.04 bits per heavy atom. The molecule has 0 unspecified atom stereocenters. The van der Waals surface area contributed by atoms with Gasteiger partial charge in [-0.15, -0.1) is 9.35 Å². The lowest BCUT2D eigenvalue weighted by Gasteiger charge is -2.25. The zero-order valence-corrected chi connectivity index (χ0v) is 15.6. The van der Waals surface area contributed by atoms with Gasteiger partial charge in [-0.1, -0.05) is 48.6 Å². The maximum absolute atomic E-state index is 12.7. The highest BCUT2D eigenvalue weighted by molar-refractivity contribution is 7.90. The van der Waals surface area contributed by atoms with Crippen LogP contribution in [0.5, 0.6) is 0 Å². The lowest BCUT2D eigenvalue weighted by atomic mass is 9.95. The van der Waals surface area contributed by atoms with Crippen LogP contribution in [0.3, 0.4) is 0 Å². The summed E-state index contributed by atoms with van der Waals surface area (Å²) in [6, 6.07) is 9.90. The number of allylic oxidation sites excluding steroid dienone is 4. The molecule has 27 heavy (non-hydrogen) atoms. The van der Waals surface area contributed by atoms with Crippen molar-refractivity contribution in [2.75, 3.05) is 0 Å². The van der Waals surface area contributed by atoms with Crippen LogP contribution >= 0.6 is 0 Å².